The van der Waals surface area contributed by atoms with E-state index < -0.39 is 0 Å². The zero-order chi connectivity index (χ0) is 13.6. The van der Waals surface area contributed by atoms with E-state index >= 15 is 0 Å². The Morgan fingerprint density at radius 1 is 1.53 bits per heavy atom. The third-order valence-electron chi connectivity index (χ3n) is 4.00. The van der Waals surface area contributed by atoms with Gasteiger partial charge in [0.15, 0.2) is 0 Å². The van der Waals surface area contributed by atoms with Gasteiger partial charge in [-0.05, 0) is 20.3 Å². The lowest BCUT2D eigenvalue weighted by Gasteiger charge is -2.47. The van der Waals surface area contributed by atoms with E-state index in [9.17, 15) is 4.79 Å². The zero-order valence-electron chi connectivity index (χ0n) is 11.4. The normalized spacial score (nSPS) is 24.8. The maximum atomic E-state index is 12.4. The highest BCUT2D eigenvalue weighted by atomic mass is 32.2. The number of carbonyl (C=O) groups excluding carboxylic acids is 1. The van der Waals surface area contributed by atoms with Gasteiger partial charge in [0, 0.05) is 26.0 Å². The Morgan fingerprint density at radius 2 is 2.26 bits per heavy atom. The lowest BCUT2D eigenvalue weighted by atomic mass is 9.92. The zero-order valence-corrected chi connectivity index (χ0v) is 12.2. The third kappa shape index (κ3) is 2.07. The first kappa shape index (κ1) is 13.0. The molecule has 2 aliphatic rings. The molecule has 1 atom stereocenters. The van der Waals surface area contributed by atoms with Gasteiger partial charge in [0.1, 0.15) is 11.3 Å². The average Bonchev–Trinajstić information content (AvgIpc) is 2.91. The van der Waals surface area contributed by atoms with E-state index in [0.717, 1.165) is 25.3 Å². The number of aryl methyl sites for hydroxylation is 2. The molecule has 104 valence electrons. The van der Waals surface area contributed by atoms with Crippen molar-refractivity contribution >= 4 is 17.7 Å². The summed E-state index contributed by atoms with van der Waals surface area (Å²) in [5.41, 5.74) is 1.30. The van der Waals surface area contributed by atoms with Gasteiger partial charge in [-0.25, -0.2) is 0 Å². The van der Waals surface area contributed by atoms with Crippen LogP contribution in [-0.2, 0) is 4.74 Å². The molecule has 0 saturated carbocycles. The predicted octanol–water partition coefficient (Wildman–Crippen LogP) is 1.64. The summed E-state index contributed by atoms with van der Waals surface area (Å²) in [6.45, 7) is 5.21. The van der Waals surface area contributed by atoms with E-state index in [1.807, 2.05) is 23.6 Å². The number of ether oxygens (including phenoxy) is 1. The molecule has 5 nitrogen and oxygen atoms in total. The van der Waals surface area contributed by atoms with Crippen LogP contribution in [0, 0.1) is 13.8 Å². The van der Waals surface area contributed by atoms with Gasteiger partial charge in [-0.1, -0.05) is 5.16 Å². The van der Waals surface area contributed by atoms with Gasteiger partial charge in [-0.3, -0.25) is 4.79 Å². The first-order valence-corrected chi connectivity index (χ1v) is 7.42. The SMILES string of the molecule is CO[C@H]1CSC2(C1)CN(C(=O)c1c(C)noc1C)C2. The largest absolute Gasteiger partial charge is 0.381 e. The number of carbonyl (C=O) groups is 1. The molecule has 0 radical (unpaired) electrons. The van der Waals surface area contributed by atoms with Crippen molar-refractivity contribution in [2.45, 2.75) is 31.1 Å². The molecule has 1 amide bonds. The Balaban J connectivity index is 1.67. The number of amides is 1. The van der Waals surface area contributed by atoms with Crippen molar-refractivity contribution in [2.75, 3.05) is 26.0 Å². The second kappa shape index (κ2) is 4.52. The van der Waals surface area contributed by atoms with Crippen LogP contribution < -0.4 is 0 Å². The number of aromatic nitrogens is 1. The minimum absolute atomic E-state index is 0.0448. The van der Waals surface area contributed by atoms with Crippen LogP contribution in [0.3, 0.4) is 0 Å². The van der Waals surface area contributed by atoms with Crippen molar-refractivity contribution in [3.8, 4) is 0 Å². The number of rotatable bonds is 2. The fourth-order valence-corrected chi connectivity index (χ4v) is 4.51. The molecular formula is C13H18N2O3S. The first-order chi connectivity index (χ1) is 9.04. The summed E-state index contributed by atoms with van der Waals surface area (Å²) in [6, 6.07) is 0. The van der Waals surface area contributed by atoms with Gasteiger partial charge < -0.3 is 14.2 Å². The number of methoxy groups -OCH3 is 1. The van der Waals surface area contributed by atoms with Crippen LogP contribution in [-0.4, -0.2) is 52.8 Å². The summed E-state index contributed by atoms with van der Waals surface area (Å²) in [6.07, 6.45) is 1.38. The summed E-state index contributed by atoms with van der Waals surface area (Å²) in [5.74, 6) is 1.68. The predicted molar refractivity (Wildman–Crippen MR) is 72.5 cm³/mol. The molecule has 3 heterocycles. The molecule has 0 unspecified atom stereocenters. The number of hydrogen-bond donors (Lipinski definition) is 0. The Morgan fingerprint density at radius 3 is 2.79 bits per heavy atom. The first-order valence-electron chi connectivity index (χ1n) is 6.43. The van der Waals surface area contributed by atoms with Crippen molar-refractivity contribution in [1.82, 2.24) is 10.1 Å². The van der Waals surface area contributed by atoms with Crippen molar-refractivity contribution in [1.29, 1.82) is 0 Å². The topological polar surface area (TPSA) is 55.6 Å². The van der Waals surface area contributed by atoms with Gasteiger partial charge in [0.05, 0.1) is 16.5 Å². The second-order valence-corrected chi connectivity index (χ2v) is 6.90. The van der Waals surface area contributed by atoms with Gasteiger partial charge in [0.2, 0.25) is 0 Å². The van der Waals surface area contributed by atoms with Crippen LogP contribution in [0.2, 0.25) is 0 Å². The lowest BCUT2D eigenvalue weighted by molar-refractivity contribution is 0.0449. The highest BCUT2D eigenvalue weighted by molar-refractivity contribution is 8.01. The molecule has 1 aromatic rings. The molecule has 2 aliphatic heterocycles. The standard InChI is InChI=1S/C13H18N2O3S/c1-8-11(9(2)18-14-8)12(16)15-6-13(7-15)4-10(17-3)5-19-13/h10H,4-7H2,1-3H3/t10-/m1/s1. The van der Waals surface area contributed by atoms with Gasteiger partial charge >= 0.3 is 0 Å². The maximum Gasteiger partial charge on any atom is 0.259 e. The Labute approximate surface area is 116 Å². The molecule has 0 bridgehead atoms. The number of nitrogens with zero attached hydrogens (tertiary/aromatic N) is 2. The molecule has 1 spiro atoms. The smallest absolute Gasteiger partial charge is 0.259 e. The van der Waals surface area contributed by atoms with Gasteiger partial charge in [-0.2, -0.15) is 0 Å². The van der Waals surface area contributed by atoms with E-state index in [0.29, 0.717) is 23.1 Å². The number of hydrogen-bond acceptors (Lipinski definition) is 5. The Kier molecular flexibility index (Phi) is 3.09. The van der Waals surface area contributed by atoms with Crippen LogP contribution in [0.1, 0.15) is 28.2 Å². The summed E-state index contributed by atoms with van der Waals surface area (Å²) < 4.78 is 10.7. The molecule has 2 saturated heterocycles. The van der Waals surface area contributed by atoms with Crippen LogP contribution >= 0.6 is 11.8 Å². The summed E-state index contributed by atoms with van der Waals surface area (Å²) in [4.78, 5) is 14.3. The van der Waals surface area contributed by atoms with E-state index in [1.54, 1.807) is 14.0 Å². The summed E-state index contributed by atoms with van der Waals surface area (Å²) >= 11 is 1.93. The maximum absolute atomic E-state index is 12.4. The van der Waals surface area contributed by atoms with E-state index in [-0.39, 0.29) is 10.7 Å². The van der Waals surface area contributed by atoms with Crippen LogP contribution in [0.5, 0.6) is 0 Å². The Hall–Kier alpha value is -1.01. The van der Waals surface area contributed by atoms with Crippen molar-refractivity contribution < 1.29 is 14.1 Å². The third-order valence-corrected chi connectivity index (χ3v) is 5.58. The Bertz CT molecular complexity index is 488. The molecule has 1 aromatic heterocycles. The van der Waals surface area contributed by atoms with Crippen LogP contribution in [0.15, 0.2) is 4.52 Å². The monoisotopic (exact) mass is 282 g/mol. The highest BCUT2D eigenvalue weighted by Gasteiger charge is 2.51. The van der Waals surface area contributed by atoms with Crippen LogP contribution in [0.4, 0.5) is 0 Å². The van der Waals surface area contributed by atoms with E-state index in [4.69, 9.17) is 9.26 Å². The lowest BCUT2D eigenvalue weighted by Crippen LogP contribution is -2.60. The molecule has 3 rings (SSSR count). The van der Waals surface area contributed by atoms with Gasteiger partial charge in [-0.15, -0.1) is 11.8 Å². The van der Waals surface area contributed by atoms with E-state index in [2.05, 4.69) is 5.16 Å². The summed E-state index contributed by atoms with van der Waals surface area (Å²) in [7, 11) is 1.76. The van der Waals surface area contributed by atoms with Crippen molar-refractivity contribution in [3.05, 3.63) is 17.0 Å². The summed E-state index contributed by atoms with van der Waals surface area (Å²) in [5, 5.41) is 3.84. The highest BCUT2D eigenvalue weighted by Crippen LogP contribution is 2.46. The molecule has 19 heavy (non-hydrogen) atoms. The van der Waals surface area contributed by atoms with Crippen molar-refractivity contribution in [3.63, 3.8) is 0 Å². The average molecular weight is 282 g/mol. The number of likely N-dealkylation sites (tertiary alicyclic amines) is 1. The molecular weight excluding hydrogens is 264 g/mol. The molecule has 0 aromatic carbocycles. The minimum atomic E-state index is 0.0448. The van der Waals surface area contributed by atoms with Gasteiger partial charge in [0.25, 0.3) is 5.91 Å². The molecule has 2 fully saturated rings. The van der Waals surface area contributed by atoms with Crippen molar-refractivity contribution in [2.24, 2.45) is 0 Å². The quantitative estimate of drug-likeness (QED) is 0.825. The number of thioether (sulfide) groups is 1. The minimum Gasteiger partial charge on any atom is -0.381 e. The fraction of sp³-hybridized carbons (Fsp3) is 0.692. The second-order valence-electron chi connectivity index (χ2n) is 5.42. The molecule has 6 heteroatoms. The molecule has 0 N–H and O–H groups in total. The molecule has 0 aliphatic carbocycles. The fourth-order valence-electron chi connectivity index (χ4n) is 2.91. The van der Waals surface area contributed by atoms with Crippen LogP contribution in [0.25, 0.3) is 0 Å². The van der Waals surface area contributed by atoms with E-state index in [1.165, 1.54) is 0 Å².